The predicted octanol–water partition coefficient (Wildman–Crippen LogP) is 2.97. The molecular formula is C17H26IN3O2. The average molecular weight is 431 g/mol. The Hall–Kier alpha value is -1.44. The van der Waals surface area contributed by atoms with Crippen LogP contribution in [0.25, 0.3) is 0 Å². The number of methoxy groups -OCH3 is 1. The molecule has 1 aliphatic carbocycles. The number of aliphatic imine (C=N–C) groups is 1. The van der Waals surface area contributed by atoms with Gasteiger partial charge in [0.15, 0.2) is 5.96 Å². The van der Waals surface area contributed by atoms with Gasteiger partial charge in [-0.2, -0.15) is 0 Å². The maximum atomic E-state index is 5.67. The molecule has 6 heteroatoms. The zero-order chi connectivity index (χ0) is 15.6. The summed E-state index contributed by atoms with van der Waals surface area (Å²) in [6, 6.07) is 8.03. The molecular weight excluding hydrogens is 405 g/mol. The van der Waals surface area contributed by atoms with Crippen molar-refractivity contribution < 1.29 is 9.47 Å². The van der Waals surface area contributed by atoms with E-state index in [1.54, 1.807) is 7.11 Å². The fraction of sp³-hybridized carbons (Fsp3) is 0.471. The minimum atomic E-state index is 0. The molecule has 0 fully saturated rings. The Bertz CT molecular complexity index is 495. The highest BCUT2D eigenvalue weighted by Gasteiger charge is 2.11. The molecule has 128 valence electrons. The lowest BCUT2D eigenvalue weighted by molar-refractivity contribution is 0.327. The van der Waals surface area contributed by atoms with Crippen LogP contribution in [0, 0.1) is 0 Å². The normalized spacial score (nSPS) is 14.3. The zero-order valence-corrected chi connectivity index (χ0v) is 16.1. The van der Waals surface area contributed by atoms with E-state index >= 15 is 0 Å². The van der Waals surface area contributed by atoms with Gasteiger partial charge in [-0.1, -0.05) is 12.2 Å². The summed E-state index contributed by atoms with van der Waals surface area (Å²) in [7, 11) is 1.65. The second-order valence-corrected chi connectivity index (χ2v) is 5.07. The maximum Gasteiger partial charge on any atom is 0.191 e. The van der Waals surface area contributed by atoms with Gasteiger partial charge in [-0.25, -0.2) is 4.99 Å². The van der Waals surface area contributed by atoms with Crippen molar-refractivity contribution in [1.82, 2.24) is 10.6 Å². The molecule has 1 aliphatic rings. The lowest BCUT2D eigenvalue weighted by Gasteiger charge is -2.16. The third-order valence-corrected chi connectivity index (χ3v) is 3.38. The van der Waals surface area contributed by atoms with Crippen LogP contribution >= 0.6 is 24.0 Å². The van der Waals surface area contributed by atoms with Crippen LogP contribution in [0.5, 0.6) is 11.5 Å². The van der Waals surface area contributed by atoms with Crippen molar-refractivity contribution in [1.29, 1.82) is 0 Å². The SMILES string of the molecule is CCNC(=NCCOc1ccc(OC)cc1)NC1CC=CC1.I. The van der Waals surface area contributed by atoms with Crippen LogP contribution in [0.1, 0.15) is 19.8 Å². The van der Waals surface area contributed by atoms with Crippen LogP contribution in [0.4, 0.5) is 0 Å². The lowest BCUT2D eigenvalue weighted by atomic mass is 10.2. The van der Waals surface area contributed by atoms with E-state index in [1.165, 1.54) is 0 Å². The molecule has 0 radical (unpaired) electrons. The van der Waals surface area contributed by atoms with Crippen LogP contribution in [0.2, 0.25) is 0 Å². The largest absolute Gasteiger partial charge is 0.497 e. The van der Waals surface area contributed by atoms with Crippen LogP contribution in [0.15, 0.2) is 41.4 Å². The summed E-state index contributed by atoms with van der Waals surface area (Å²) in [5.41, 5.74) is 0. The smallest absolute Gasteiger partial charge is 0.191 e. The maximum absolute atomic E-state index is 5.67. The summed E-state index contributed by atoms with van der Waals surface area (Å²) >= 11 is 0. The average Bonchev–Trinajstić information content (AvgIpc) is 3.05. The minimum absolute atomic E-state index is 0. The minimum Gasteiger partial charge on any atom is -0.497 e. The van der Waals surface area contributed by atoms with E-state index in [4.69, 9.17) is 9.47 Å². The third-order valence-electron chi connectivity index (χ3n) is 3.38. The van der Waals surface area contributed by atoms with Crippen LogP contribution in [-0.4, -0.2) is 38.8 Å². The van der Waals surface area contributed by atoms with Gasteiger partial charge in [0.2, 0.25) is 0 Å². The number of rotatable bonds is 7. The van der Waals surface area contributed by atoms with E-state index in [9.17, 15) is 0 Å². The fourth-order valence-electron chi connectivity index (χ4n) is 2.24. The summed E-state index contributed by atoms with van der Waals surface area (Å²) < 4.78 is 10.8. The predicted molar refractivity (Wildman–Crippen MR) is 105 cm³/mol. The molecule has 0 saturated carbocycles. The first-order valence-corrected chi connectivity index (χ1v) is 7.78. The number of halogens is 1. The Balaban J connectivity index is 0.00000264. The van der Waals surface area contributed by atoms with E-state index in [0.29, 0.717) is 19.2 Å². The standard InChI is InChI=1S/C17H25N3O2.HI/c1-3-18-17(20-14-6-4-5-7-14)19-12-13-22-16-10-8-15(21-2)9-11-16;/h4-5,8-11,14H,3,6-7,12-13H2,1-2H3,(H2,18,19,20);1H. The second kappa shape index (κ2) is 11.2. The summed E-state index contributed by atoms with van der Waals surface area (Å²) in [5.74, 6) is 2.51. The monoisotopic (exact) mass is 431 g/mol. The van der Waals surface area contributed by atoms with E-state index < -0.39 is 0 Å². The molecule has 1 aromatic carbocycles. The summed E-state index contributed by atoms with van der Waals surface area (Å²) in [6.07, 6.45) is 6.53. The van der Waals surface area contributed by atoms with Gasteiger partial charge in [-0.15, -0.1) is 24.0 Å². The van der Waals surface area contributed by atoms with Gasteiger partial charge < -0.3 is 20.1 Å². The van der Waals surface area contributed by atoms with Gasteiger partial charge in [-0.05, 0) is 44.0 Å². The molecule has 1 aromatic rings. The van der Waals surface area contributed by atoms with E-state index in [0.717, 1.165) is 36.8 Å². The molecule has 0 heterocycles. The van der Waals surface area contributed by atoms with E-state index in [-0.39, 0.29) is 24.0 Å². The Morgan fingerprint density at radius 2 is 1.83 bits per heavy atom. The number of benzene rings is 1. The Morgan fingerprint density at radius 3 is 2.43 bits per heavy atom. The number of nitrogens with one attached hydrogen (secondary N) is 2. The summed E-state index contributed by atoms with van der Waals surface area (Å²) in [5, 5.41) is 6.70. The molecule has 5 nitrogen and oxygen atoms in total. The highest BCUT2D eigenvalue weighted by molar-refractivity contribution is 14.0. The third kappa shape index (κ3) is 7.11. The molecule has 0 amide bonds. The van der Waals surface area contributed by atoms with Crippen molar-refractivity contribution in [2.75, 3.05) is 26.8 Å². The molecule has 0 saturated heterocycles. The molecule has 0 atom stereocenters. The van der Waals surface area contributed by atoms with E-state index in [2.05, 4.69) is 34.7 Å². The van der Waals surface area contributed by atoms with Gasteiger partial charge in [0.05, 0.1) is 13.7 Å². The molecule has 0 bridgehead atoms. The highest BCUT2D eigenvalue weighted by atomic mass is 127. The van der Waals surface area contributed by atoms with Crippen molar-refractivity contribution in [3.8, 4) is 11.5 Å². The van der Waals surface area contributed by atoms with Crippen LogP contribution < -0.4 is 20.1 Å². The van der Waals surface area contributed by atoms with Crippen molar-refractivity contribution in [3.05, 3.63) is 36.4 Å². The van der Waals surface area contributed by atoms with Gasteiger partial charge in [0.1, 0.15) is 18.1 Å². The quantitative estimate of drug-likeness (QED) is 0.229. The van der Waals surface area contributed by atoms with Crippen LogP contribution in [-0.2, 0) is 0 Å². The van der Waals surface area contributed by atoms with Gasteiger partial charge in [0.25, 0.3) is 0 Å². The number of nitrogens with zero attached hydrogens (tertiary/aromatic N) is 1. The summed E-state index contributed by atoms with van der Waals surface area (Å²) in [6.45, 7) is 4.08. The van der Waals surface area contributed by atoms with Gasteiger partial charge in [0, 0.05) is 12.6 Å². The van der Waals surface area contributed by atoms with Gasteiger partial charge in [-0.3, -0.25) is 0 Å². The number of ether oxygens (including phenoxy) is 2. The first-order chi connectivity index (χ1) is 10.8. The Kier molecular flexibility index (Phi) is 9.51. The topological polar surface area (TPSA) is 54.9 Å². The van der Waals surface area contributed by atoms with Crippen molar-refractivity contribution in [3.63, 3.8) is 0 Å². The van der Waals surface area contributed by atoms with Crippen molar-refractivity contribution in [2.24, 2.45) is 4.99 Å². The second-order valence-electron chi connectivity index (χ2n) is 5.07. The van der Waals surface area contributed by atoms with Crippen molar-refractivity contribution >= 4 is 29.9 Å². The zero-order valence-electron chi connectivity index (χ0n) is 13.7. The number of guanidine groups is 1. The molecule has 2 N–H and O–H groups in total. The number of hydrogen-bond donors (Lipinski definition) is 2. The summed E-state index contributed by atoms with van der Waals surface area (Å²) in [4.78, 5) is 4.54. The molecule has 23 heavy (non-hydrogen) atoms. The first kappa shape index (κ1) is 19.6. The van der Waals surface area contributed by atoms with E-state index in [1.807, 2.05) is 24.3 Å². The van der Waals surface area contributed by atoms with Gasteiger partial charge >= 0.3 is 0 Å². The molecule has 0 spiro atoms. The fourth-order valence-corrected chi connectivity index (χ4v) is 2.24. The Labute approximate surface area is 155 Å². The first-order valence-electron chi connectivity index (χ1n) is 7.78. The molecule has 0 aliphatic heterocycles. The highest BCUT2D eigenvalue weighted by Crippen LogP contribution is 2.16. The molecule has 2 rings (SSSR count). The van der Waals surface area contributed by atoms with Crippen molar-refractivity contribution in [2.45, 2.75) is 25.8 Å². The molecule has 0 unspecified atom stereocenters. The Morgan fingerprint density at radius 1 is 1.17 bits per heavy atom. The lowest BCUT2D eigenvalue weighted by Crippen LogP contribution is -2.42. The molecule has 0 aromatic heterocycles. The van der Waals surface area contributed by atoms with Crippen LogP contribution in [0.3, 0.4) is 0 Å². The number of hydrogen-bond acceptors (Lipinski definition) is 3.